The van der Waals surface area contributed by atoms with Gasteiger partial charge in [-0.1, -0.05) is 17.7 Å². The van der Waals surface area contributed by atoms with Crippen molar-refractivity contribution in [3.05, 3.63) is 57.7 Å². The highest BCUT2D eigenvalue weighted by Gasteiger charge is 2.42. The minimum absolute atomic E-state index is 0.0207. The summed E-state index contributed by atoms with van der Waals surface area (Å²) in [7, 11) is 0. The first-order valence-corrected chi connectivity index (χ1v) is 12.1. The average Bonchev–Trinajstić information content (AvgIpc) is 3.34. The second-order valence-electron chi connectivity index (χ2n) is 8.81. The van der Waals surface area contributed by atoms with E-state index < -0.39 is 6.04 Å². The average molecular weight is 500 g/mol. The number of phenolic OH excluding ortho intramolecular Hbond substituents is 2. The van der Waals surface area contributed by atoms with E-state index in [-0.39, 0.29) is 23.5 Å². The summed E-state index contributed by atoms with van der Waals surface area (Å²) in [5.74, 6) is 0.182. The van der Waals surface area contributed by atoms with Crippen molar-refractivity contribution < 1.29 is 24.5 Å². The van der Waals surface area contributed by atoms with Crippen LogP contribution >= 0.6 is 11.6 Å². The number of aromatic amines is 1. The minimum atomic E-state index is -0.510. The van der Waals surface area contributed by atoms with Crippen molar-refractivity contribution in [3.8, 4) is 28.5 Å². The largest absolute Gasteiger partial charge is 0.507 e. The van der Waals surface area contributed by atoms with E-state index in [1.165, 1.54) is 0 Å². The van der Waals surface area contributed by atoms with E-state index in [1.807, 2.05) is 20.8 Å². The van der Waals surface area contributed by atoms with Crippen molar-refractivity contribution in [3.63, 3.8) is 0 Å². The van der Waals surface area contributed by atoms with Crippen LogP contribution in [-0.4, -0.2) is 57.1 Å². The van der Waals surface area contributed by atoms with E-state index in [1.54, 1.807) is 42.2 Å². The summed E-state index contributed by atoms with van der Waals surface area (Å²) in [4.78, 5) is 15.2. The number of hydrogen-bond acceptors (Lipinski definition) is 6. The van der Waals surface area contributed by atoms with Gasteiger partial charge < -0.3 is 24.6 Å². The monoisotopic (exact) mass is 499 g/mol. The van der Waals surface area contributed by atoms with Crippen LogP contribution in [0.1, 0.15) is 60.4 Å². The first-order valence-electron chi connectivity index (χ1n) is 11.7. The number of nitrogens with one attached hydrogen (secondary N) is 1. The van der Waals surface area contributed by atoms with Gasteiger partial charge in [0.15, 0.2) is 11.5 Å². The van der Waals surface area contributed by atoms with Gasteiger partial charge in [0.1, 0.15) is 17.1 Å². The first kappa shape index (κ1) is 24.9. The van der Waals surface area contributed by atoms with Crippen molar-refractivity contribution in [2.75, 3.05) is 19.8 Å². The van der Waals surface area contributed by atoms with Gasteiger partial charge in [0.05, 0.1) is 18.8 Å². The lowest BCUT2D eigenvalue weighted by atomic mass is 9.95. The molecule has 35 heavy (non-hydrogen) atoms. The number of nitrogens with zero attached hydrogens (tertiary/aromatic N) is 2. The van der Waals surface area contributed by atoms with E-state index in [0.29, 0.717) is 59.5 Å². The number of ether oxygens (including phenoxy) is 2. The number of halogens is 1. The lowest BCUT2D eigenvalue weighted by Crippen LogP contribution is -2.31. The molecule has 0 saturated carbocycles. The minimum Gasteiger partial charge on any atom is -0.507 e. The number of aromatic nitrogens is 2. The summed E-state index contributed by atoms with van der Waals surface area (Å²) in [6.45, 7) is 8.93. The van der Waals surface area contributed by atoms with Gasteiger partial charge in [-0.25, -0.2) is 0 Å². The van der Waals surface area contributed by atoms with Crippen LogP contribution in [0.25, 0.3) is 11.3 Å². The van der Waals surface area contributed by atoms with Crippen LogP contribution in [0, 0.1) is 6.92 Å². The Kier molecular flexibility index (Phi) is 7.23. The van der Waals surface area contributed by atoms with Crippen LogP contribution in [0.3, 0.4) is 0 Å². The summed E-state index contributed by atoms with van der Waals surface area (Å²) in [6, 6.07) is 7.79. The summed E-state index contributed by atoms with van der Waals surface area (Å²) < 4.78 is 11.3. The fraction of sp³-hybridized carbons (Fsp3) is 0.385. The Morgan fingerprint density at radius 2 is 1.97 bits per heavy atom. The predicted molar refractivity (Wildman–Crippen MR) is 133 cm³/mol. The summed E-state index contributed by atoms with van der Waals surface area (Å²) in [5, 5.41) is 28.7. The van der Waals surface area contributed by atoms with Crippen LogP contribution in [0.2, 0.25) is 5.02 Å². The normalized spacial score (nSPS) is 15.2. The highest BCUT2D eigenvalue weighted by molar-refractivity contribution is 6.31. The van der Waals surface area contributed by atoms with Gasteiger partial charge in [0, 0.05) is 29.3 Å². The second-order valence-corrected chi connectivity index (χ2v) is 9.22. The lowest BCUT2D eigenvalue weighted by molar-refractivity contribution is 0.0601. The number of phenols is 2. The molecule has 1 atom stereocenters. The molecule has 2 aromatic carbocycles. The van der Waals surface area contributed by atoms with Crippen LogP contribution < -0.4 is 4.74 Å². The van der Waals surface area contributed by atoms with Crippen LogP contribution in [0.4, 0.5) is 0 Å². The highest BCUT2D eigenvalue weighted by Crippen LogP contribution is 2.46. The molecular formula is C26H30ClN3O5. The fourth-order valence-corrected chi connectivity index (χ4v) is 4.52. The first-order chi connectivity index (χ1) is 16.7. The Hall–Kier alpha value is -3.23. The van der Waals surface area contributed by atoms with Crippen LogP contribution in [-0.2, 0) is 4.74 Å². The zero-order valence-electron chi connectivity index (χ0n) is 20.3. The number of benzene rings is 2. The molecule has 8 nitrogen and oxygen atoms in total. The number of aromatic hydroxyl groups is 2. The van der Waals surface area contributed by atoms with Crippen LogP contribution in [0.5, 0.6) is 17.2 Å². The van der Waals surface area contributed by atoms with E-state index in [0.717, 1.165) is 11.1 Å². The van der Waals surface area contributed by atoms with Gasteiger partial charge in [0.25, 0.3) is 5.91 Å². The standard InChI is InChI=1S/C26H30ClN3O5/c1-5-34-21-12-16(7-8-19(21)31)25-22-23(17-13-18(27)15(4)11-20(17)32)28-29-24(22)26(33)30(25)9-6-10-35-14(2)3/h7-8,11-14,25,31-32H,5-6,9-10H2,1-4H3,(H,28,29)/t25-/m0/s1. The quantitative estimate of drug-likeness (QED) is 0.349. The van der Waals surface area contributed by atoms with Gasteiger partial charge in [-0.15, -0.1) is 0 Å². The molecule has 4 rings (SSSR count). The number of fused-ring (bicyclic) bond motifs is 1. The van der Waals surface area contributed by atoms with E-state index in [9.17, 15) is 15.0 Å². The Labute approximate surface area is 209 Å². The third-order valence-electron chi connectivity index (χ3n) is 5.99. The SMILES string of the molecule is CCOc1cc([C@H]2c3c(-c4cc(Cl)c(C)cc4O)n[nH]c3C(=O)N2CCCOC(C)C)ccc1O. The maximum Gasteiger partial charge on any atom is 0.273 e. The van der Waals surface area contributed by atoms with Gasteiger partial charge in [0.2, 0.25) is 0 Å². The van der Waals surface area contributed by atoms with E-state index in [4.69, 9.17) is 21.1 Å². The van der Waals surface area contributed by atoms with E-state index >= 15 is 0 Å². The Bertz CT molecular complexity index is 1240. The van der Waals surface area contributed by atoms with Gasteiger partial charge in [-0.05, 0) is 69.5 Å². The molecule has 3 aromatic rings. The summed E-state index contributed by atoms with van der Waals surface area (Å²) in [5.41, 5.74) is 3.37. The molecule has 2 heterocycles. The van der Waals surface area contributed by atoms with Crippen LogP contribution in [0.15, 0.2) is 30.3 Å². The molecule has 3 N–H and O–H groups in total. The van der Waals surface area contributed by atoms with E-state index in [2.05, 4.69) is 10.2 Å². The third kappa shape index (κ3) is 4.81. The predicted octanol–water partition coefficient (Wildman–Crippen LogP) is 5.21. The van der Waals surface area contributed by atoms with Gasteiger partial charge >= 0.3 is 0 Å². The van der Waals surface area contributed by atoms with Crippen molar-refractivity contribution in [1.29, 1.82) is 0 Å². The number of aryl methyl sites for hydroxylation is 1. The molecule has 0 spiro atoms. The highest BCUT2D eigenvalue weighted by atomic mass is 35.5. The van der Waals surface area contributed by atoms with Crippen molar-refractivity contribution in [2.45, 2.75) is 46.3 Å². The summed E-state index contributed by atoms with van der Waals surface area (Å²) in [6.07, 6.45) is 0.745. The zero-order valence-corrected chi connectivity index (χ0v) is 21.0. The molecule has 0 saturated heterocycles. The second kappa shape index (κ2) is 10.2. The number of H-pyrrole nitrogens is 1. The van der Waals surface area contributed by atoms with Crippen molar-refractivity contribution in [1.82, 2.24) is 15.1 Å². The molecule has 9 heteroatoms. The molecule has 1 aliphatic heterocycles. The Balaban J connectivity index is 1.81. The number of carbonyl (C=O) groups excluding carboxylic acids is 1. The number of carbonyl (C=O) groups is 1. The molecule has 1 aromatic heterocycles. The molecule has 0 bridgehead atoms. The molecule has 186 valence electrons. The smallest absolute Gasteiger partial charge is 0.273 e. The van der Waals surface area contributed by atoms with Gasteiger partial charge in [-0.3, -0.25) is 9.89 Å². The Morgan fingerprint density at radius 3 is 2.69 bits per heavy atom. The topological polar surface area (TPSA) is 108 Å². The molecule has 0 unspecified atom stereocenters. The molecule has 0 radical (unpaired) electrons. The lowest BCUT2D eigenvalue weighted by Gasteiger charge is -2.27. The summed E-state index contributed by atoms with van der Waals surface area (Å²) >= 11 is 6.36. The number of amides is 1. The molecule has 0 aliphatic carbocycles. The Morgan fingerprint density at radius 1 is 1.20 bits per heavy atom. The number of hydrogen-bond donors (Lipinski definition) is 3. The van der Waals surface area contributed by atoms with Crippen molar-refractivity contribution in [2.24, 2.45) is 0 Å². The molecule has 1 amide bonds. The van der Waals surface area contributed by atoms with Crippen molar-refractivity contribution >= 4 is 17.5 Å². The molecule has 1 aliphatic rings. The zero-order chi connectivity index (χ0) is 25.3. The maximum atomic E-state index is 13.5. The van der Waals surface area contributed by atoms with Gasteiger partial charge in [-0.2, -0.15) is 5.10 Å². The molecule has 0 fully saturated rings. The third-order valence-corrected chi connectivity index (χ3v) is 6.40. The maximum absolute atomic E-state index is 13.5. The molecular weight excluding hydrogens is 470 g/mol. The fourth-order valence-electron chi connectivity index (χ4n) is 4.36. The number of rotatable bonds is 9.